The van der Waals surface area contributed by atoms with Crippen LogP contribution in [0.1, 0.15) is 32.3 Å². The van der Waals surface area contributed by atoms with Crippen LogP contribution in [-0.4, -0.2) is 56.2 Å². The normalized spacial score (nSPS) is 21.7. The van der Waals surface area contributed by atoms with Crippen molar-refractivity contribution in [3.63, 3.8) is 0 Å². The van der Waals surface area contributed by atoms with Crippen molar-refractivity contribution in [1.82, 2.24) is 15.5 Å². The van der Waals surface area contributed by atoms with E-state index in [1.807, 2.05) is 6.07 Å². The third-order valence-corrected chi connectivity index (χ3v) is 4.88. The Morgan fingerprint density at radius 3 is 2.84 bits per heavy atom. The SMILES string of the molecule is CCNC(=NCC(C)CN1CCCC1)NCC1Cc2ccccc2O1. The van der Waals surface area contributed by atoms with Crippen LogP contribution in [0.15, 0.2) is 29.3 Å². The molecule has 1 aromatic carbocycles. The third-order valence-electron chi connectivity index (χ3n) is 4.88. The van der Waals surface area contributed by atoms with E-state index in [2.05, 4.69) is 47.6 Å². The molecule has 5 heteroatoms. The second-order valence-electron chi connectivity index (χ2n) is 7.27. The van der Waals surface area contributed by atoms with E-state index in [-0.39, 0.29) is 6.10 Å². The lowest BCUT2D eigenvalue weighted by Crippen LogP contribution is -2.42. The van der Waals surface area contributed by atoms with E-state index < -0.39 is 0 Å². The predicted octanol–water partition coefficient (Wildman–Crippen LogP) is 2.28. The highest BCUT2D eigenvalue weighted by Crippen LogP contribution is 2.27. The second kappa shape index (κ2) is 9.09. The molecule has 0 radical (unpaired) electrons. The molecule has 2 heterocycles. The average molecular weight is 345 g/mol. The van der Waals surface area contributed by atoms with Crippen molar-refractivity contribution >= 4 is 5.96 Å². The Hall–Kier alpha value is -1.75. The number of hydrogen-bond donors (Lipinski definition) is 2. The molecule has 0 saturated carbocycles. The number of hydrogen-bond acceptors (Lipinski definition) is 3. The quantitative estimate of drug-likeness (QED) is 0.588. The van der Waals surface area contributed by atoms with E-state index >= 15 is 0 Å². The van der Waals surface area contributed by atoms with Crippen molar-refractivity contribution in [1.29, 1.82) is 0 Å². The van der Waals surface area contributed by atoms with Crippen LogP contribution in [0.5, 0.6) is 5.75 Å². The zero-order valence-electron chi connectivity index (χ0n) is 15.6. The molecule has 0 spiro atoms. The Balaban J connectivity index is 1.44. The smallest absolute Gasteiger partial charge is 0.191 e. The van der Waals surface area contributed by atoms with Gasteiger partial charge in [0.05, 0.1) is 6.54 Å². The number of para-hydroxylation sites is 1. The van der Waals surface area contributed by atoms with E-state index in [9.17, 15) is 0 Å². The van der Waals surface area contributed by atoms with Crippen molar-refractivity contribution in [3.05, 3.63) is 29.8 Å². The van der Waals surface area contributed by atoms with Crippen molar-refractivity contribution < 1.29 is 4.74 Å². The molecule has 2 aliphatic rings. The summed E-state index contributed by atoms with van der Waals surface area (Å²) in [5.41, 5.74) is 1.30. The van der Waals surface area contributed by atoms with Crippen LogP contribution in [0.3, 0.4) is 0 Å². The van der Waals surface area contributed by atoms with Gasteiger partial charge in [0.2, 0.25) is 0 Å². The standard InChI is InChI=1S/C20H32N4O/c1-3-21-20(22-13-16(2)15-24-10-6-7-11-24)23-14-18-12-17-8-4-5-9-19(17)25-18/h4-5,8-9,16,18H,3,6-7,10-15H2,1-2H3,(H2,21,22,23). The predicted molar refractivity (Wildman–Crippen MR) is 103 cm³/mol. The second-order valence-corrected chi connectivity index (χ2v) is 7.27. The molecule has 0 bridgehead atoms. The number of likely N-dealkylation sites (tertiary alicyclic amines) is 1. The minimum absolute atomic E-state index is 0.184. The first-order valence-electron chi connectivity index (χ1n) is 9.73. The number of aliphatic imine (C=N–C) groups is 1. The highest BCUT2D eigenvalue weighted by Gasteiger charge is 2.22. The van der Waals surface area contributed by atoms with Crippen LogP contribution in [0, 0.1) is 5.92 Å². The molecule has 0 aromatic heterocycles. The highest BCUT2D eigenvalue weighted by atomic mass is 16.5. The van der Waals surface area contributed by atoms with Crippen molar-refractivity contribution in [2.75, 3.05) is 39.3 Å². The third kappa shape index (κ3) is 5.36. The van der Waals surface area contributed by atoms with Gasteiger partial charge >= 0.3 is 0 Å². The Morgan fingerprint density at radius 1 is 1.28 bits per heavy atom. The van der Waals surface area contributed by atoms with Crippen LogP contribution >= 0.6 is 0 Å². The van der Waals surface area contributed by atoms with Gasteiger partial charge in [0.1, 0.15) is 11.9 Å². The molecule has 3 rings (SSSR count). The van der Waals surface area contributed by atoms with Crippen LogP contribution in [0.4, 0.5) is 0 Å². The van der Waals surface area contributed by atoms with Gasteiger partial charge in [-0.3, -0.25) is 4.99 Å². The van der Waals surface area contributed by atoms with Crippen LogP contribution in [-0.2, 0) is 6.42 Å². The summed E-state index contributed by atoms with van der Waals surface area (Å²) in [5.74, 6) is 2.51. The van der Waals surface area contributed by atoms with Crippen molar-refractivity contribution in [2.24, 2.45) is 10.9 Å². The molecule has 2 atom stereocenters. The number of fused-ring (bicyclic) bond motifs is 1. The fourth-order valence-corrected chi connectivity index (χ4v) is 3.63. The van der Waals surface area contributed by atoms with Crippen LogP contribution < -0.4 is 15.4 Å². The number of rotatable bonds is 7. The highest BCUT2D eigenvalue weighted by molar-refractivity contribution is 5.79. The molecule has 25 heavy (non-hydrogen) atoms. The van der Waals surface area contributed by atoms with Gasteiger partial charge in [-0.25, -0.2) is 0 Å². The average Bonchev–Trinajstić information content (AvgIpc) is 3.26. The van der Waals surface area contributed by atoms with E-state index in [0.29, 0.717) is 5.92 Å². The summed E-state index contributed by atoms with van der Waals surface area (Å²) in [6.45, 7) is 10.6. The lowest BCUT2D eigenvalue weighted by molar-refractivity contribution is 0.235. The summed E-state index contributed by atoms with van der Waals surface area (Å²) in [5, 5.41) is 6.79. The zero-order valence-corrected chi connectivity index (χ0v) is 15.6. The number of nitrogens with one attached hydrogen (secondary N) is 2. The van der Waals surface area contributed by atoms with Gasteiger partial charge < -0.3 is 20.3 Å². The maximum absolute atomic E-state index is 6.00. The van der Waals surface area contributed by atoms with Gasteiger partial charge in [-0.15, -0.1) is 0 Å². The summed E-state index contributed by atoms with van der Waals surface area (Å²) in [6, 6.07) is 8.30. The summed E-state index contributed by atoms with van der Waals surface area (Å²) >= 11 is 0. The fraction of sp³-hybridized carbons (Fsp3) is 0.650. The summed E-state index contributed by atoms with van der Waals surface area (Å²) < 4.78 is 6.00. The first-order valence-corrected chi connectivity index (χ1v) is 9.73. The van der Waals surface area contributed by atoms with E-state index in [1.54, 1.807) is 0 Å². The van der Waals surface area contributed by atoms with Gasteiger partial charge in [-0.1, -0.05) is 25.1 Å². The van der Waals surface area contributed by atoms with E-state index in [1.165, 1.54) is 31.5 Å². The number of guanidine groups is 1. The Kier molecular flexibility index (Phi) is 6.56. The Morgan fingerprint density at radius 2 is 2.08 bits per heavy atom. The Bertz CT molecular complexity index is 544. The molecule has 2 aliphatic heterocycles. The van der Waals surface area contributed by atoms with Gasteiger partial charge in [-0.2, -0.15) is 0 Å². The summed E-state index contributed by atoms with van der Waals surface area (Å²) in [6.07, 6.45) is 3.85. The molecule has 5 nitrogen and oxygen atoms in total. The molecule has 1 aromatic rings. The fourth-order valence-electron chi connectivity index (χ4n) is 3.63. The topological polar surface area (TPSA) is 48.9 Å². The largest absolute Gasteiger partial charge is 0.488 e. The maximum Gasteiger partial charge on any atom is 0.191 e. The lowest BCUT2D eigenvalue weighted by Gasteiger charge is -2.20. The molecule has 1 saturated heterocycles. The van der Waals surface area contributed by atoms with Gasteiger partial charge in [0.15, 0.2) is 5.96 Å². The molecule has 0 amide bonds. The lowest BCUT2D eigenvalue weighted by atomic mass is 10.1. The minimum atomic E-state index is 0.184. The number of benzene rings is 1. The van der Waals surface area contributed by atoms with Gasteiger partial charge in [0.25, 0.3) is 0 Å². The molecule has 0 aliphatic carbocycles. The molecular formula is C20H32N4O. The van der Waals surface area contributed by atoms with Crippen LogP contribution in [0.2, 0.25) is 0 Å². The summed E-state index contributed by atoms with van der Waals surface area (Å²) in [7, 11) is 0. The number of ether oxygens (including phenoxy) is 1. The van der Waals surface area contributed by atoms with Crippen molar-refractivity contribution in [2.45, 2.75) is 39.2 Å². The van der Waals surface area contributed by atoms with Gasteiger partial charge in [0, 0.05) is 26.1 Å². The first kappa shape index (κ1) is 18.1. The Labute approximate surface area is 151 Å². The van der Waals surface area contributed by atoms with Crippen LogP contribution in [0.25, 0.3) is 0 Å². The number of nitrogens with zero attached hydrogens (tertiary/aromatic N) is 2. The molecular weight excluding hydrogens is 312 g/mol. The maximum atomic E-state index is 6.00. The van der Waals surface area contributed by atoms with E-state index in [0.717, 1.165) is 44.3 Å². The van der Waals surface area contributed by atoms with Crippen molar-refractivity contribution in [3.8, 4) is 5.75 Å². The molecule has 138 valence electrons. The zero-order chi connectivity index (χ0) is 17.5. The summed E-state index contributed by atoms with van der Waals surface area (Å²) in [4.78, 5) is 7.34. The molecule has 2 unspecified atom stereocenters. The minimum Gasteiger partial charge on any atom is -0.488 e. The molecule has 2 N–H and O–H groups in total. The first-order chi connectivity index (χ1) is 12.2. The van der Waals surface area contributed by atoms with Gasteiger partial charge in [-0.05, 0) is 50.4 Å². The van der Waals surface area contributed by atoms with E-state index in [4.69, 9.17) is 9.73 Å². The monoisotopic (exact) mass is 344 g/mol. The molecule has 1 fully saturated rings.